The Morgan fingerprint density at radius 1 is 1.44 bits per heavy atom. The molecule has 52 valence electrons. The van der Waals surface area contributed by atoms with Crippen LogP contribution in [0.25, 0.3) is 0 Å². The standard InChI is InChI=1S/C7H14N2/c1-5(2)6(3)9-7(4)8/h5,9H,3-4,8H2,1-2H3. The van der Waals surface area contributed by atoms with E-state index < -0.39 is 0 Å². The minimum Gasteiger partial charge on any atom is -0.386 e. The van der Waals surface area contributed by atoms with Crippen molar-refractivity contribution >= 4 is 0 Å². The highest BCUT2D eigenvalue weighted by Gasteiger charge is 1.96. The summed E-state index contributed by atoms with van der Waals surface area (Å²) in [7, 11) is 0. The molecule has 0 heterocycles. The largest absolute Gasteiger partial charge is 0.386 e. The fraction of sp³-hybridized carbons (Fsp3) is 0.429. The first kappa shape index (κ1) is 8.08. The predicted molar refractivity (Wildman–Crippen MR) is 40.4 cm³/mol. The van der Waals surface area contributed by atoms with Crippen LogP contribution in [0, 0.1) is 5.92 Å². The molecule has 0 aliphatic carbocycles. The Labute approximate surface area is 56.4 Å². The van der Waals surface area contributed by atoms with E-state index in [9.17, 15) is 0 Å². The highest BCUT2D eigenvalue weighted by Crippen LogP contribution is 2.01. The lowest BCUT2D eigenvalue weighted by Gasteiger charge is -2.10. The number of hydrogen-bond acceptors (Lipinski definition) is 2. The summed E-state index contributed by atoms with van der Waals surface area (Å²) in [4.78, 5) is 0. The molecule has 0 aliphatic rings. The zero-order valence-electron chi connectivity index (χ0n) is 6.07. The maximum Gasteiger partial charge on any atom is 0.0928 e. The molecule has 0 aliphatic heterocycles. The molecule has 0 saturated carbocycles. The van der Waals surface area contributed by atoms with E-state index in [2.05, 4.69) is 18.5 Å². The van der Waals surface area contributed by atoms with Crippen LogP contribution in [0.2, 0.25) is 0 Å². The third-order valence-corrected chi connectivity index (χ3v) is 1.02. The van der Waals surface area contributed by atoms with Crippen molar-refractivity contribution < 1.29 is 0 Å². The van der Waals surface area contributed by atoms with E-state index in [4.69, 9.17) is 5.73 Å². The minimum atomic E-state index is 0.408. The van der Waals surface area contributed by atoms with Crippen LogP contribution < -0.4 is 11.1 Å². The molecule has 0 rings (SSSR count). The molecule has 0 amide bonds. The SMILES string of the molecule is C=C(N)NC(=C)C(C)C. The zero-order chi connectivity index (χ0) is 7.44. The Balaban J connectivity index is 3.64. The van der Waals surface area contributed by atoms with Gasteiger partial charge in [-0.1, -0.05) is 27.0 Å². The summed E-state index contributed by atoms with van der Waals surface area (Å²) in [6.45, 7) is 11.3. The second-order valence-electron chi connectivity index (χ2n) is 2.33. The third kappa shape index (κ3) is 3.64. The van der Waals surface area contributed by atoms with Crippen molar-refractivity contribution in [1.29, 1.82) is 0 Å². The summed E-state index contributed by atoms with van der Waals surface area (Å²) in [5.41, 5.74) is 6.17. The van der Waals surface area contributed by atoms with Gasteiger partial charge in [-0.3, -0.25) is 0 Å². The van der Waals surface area contributed by atoms with Crippen LogP contribution in [-0.4, -0.2) is 0 Å². The minimum absolute atomic E-state index is 0.408. The molecule has 9 heavy (non-hydrogen) atoms. The first-order valence-electron chi connectivity index (χ1n) is 2.94. The molecule has 0 saturated heterocycles. The van der Waals surface area contributed by atoms with Crippen LogP contribution in [0.4, 0.5) is 0 Å². The quantitative estimate of drug-likeness (QED) is 0.595. The molecule has 0 aromatic heterocycles. The van der Waals surface area contributed by atoms with Crippen molar-refractivity contribution in [3.05, 3.63) is 24.7 Å². The molecule has 0 atom stereocenters. The van der Waals surface area contributed by atoms with E-state index in [0.29, 0.717) is 11.7 Å². The molecule has 0 fully saturated rings. The maximum absolute atomic E-state index is 5.26. The van der Waals surface area contributed by atoms with Crippen LogP contribution in [0.3, 0.4) is 0 Å². The van der Waals surface area contributed by atoms with Crippen molar-refractivity contribution in [2.24, 2.45) is 11.7 Å². The van der Waals surface area contributed by atoms with Gasteiger partial charge in [0.25, 0.3) is 0 Å². The molecular weight excluding hydrogens is 112 g/mol. The summed E-state index contributed by atoms with van der Waals surface area (Å²) >= 11 is 0. The van der Waals surface area contributed by atoms with Gasteiger partial charge in [0.15, 0.2) is 0 Å². The Kier molecular flexibility index (Phi) is 2.85. The normalized spacial score (nSPS) is 9.22. The summed E-state index contributed by atoms with van der Waals surface area (Å²) < 4.78 is 0. The van der Waals surface area contributed by atoms with Gasteiger partial charge in [0.1, 0.15) is 0 Å². The van der Waals surface area contributed by atoms with Crippen LogP contribution in [0.1, 0.15) is 13.8 Å². The van der Waals surface area contributed by atoms with Gasteiger partial charge in [0.05, 0.1) is 5.82 Å². The van der Waals surface area contributed by atoms with Gasteiger partial charge in [-0.25, -0.2) is 0 Å². The second kappa shape index (κ2) is 3.17. The lowest BCUT2D eigenvalue weighted by Crippen LogP contribution is -2.20. The van der Waals surface area contributed by atoms with Gasteiger partial charge in [-0.05, 0) is 5.92 Å². The molecule has 0 bridgehead atoms. The summed E-state index contributed by atoms with van der Waals surface area (Å²) in [6.07, 6.45) is 0. The van der Waals surface area contributed by atoms with Gasteiger partial charge >= 0.3 is 0 Å². The van der Waals surface area contributed by atoms with E-state index in [1.165, 1.54) is 0 Å². The van der Waals surface area contributed by atoms with Gasteiger partial charge < -0.3 is 11.1 Å². The molecule has 0 unspecified atom stereocenters. The lowest BCUT2D eigenvalue weighted by molar-refractivity contribution is 0.701. The Morgan fingerprint density at radius 3 is 2.00 bits per heavy atom. The molecule has 2 nitrogen and oxygen atoms in total. The van der Waals surface area contributed by atoms with E-state index in [1.54, 1.807) is 0 Å². The van der Waals surface area contributed by atoms with E-state index in [0.717, 1.165) is 5.70 Å². The average Bonchev–Trinajstić information content (AvgIpc) is 1.63. The molecule has 3 N–H and O–H groups in total. The van der Waals surface area contributed by atoms with Crippen LogP contribution in [-0.2, 0) is 0 Å². The lowest BCUT2D eigenvalue weighted by atomic mass is 10.2. The monoisotopic (exact) mass is 126 g/mol. The van der Waals surface area contributed by atoms with E-state index >= 15 is 0 Å². The maximum atomic E-state index is 5.26. The second-order valence-corrected chi connectivity index (χ2v) is 2.33. The highest BCUT2D eigenvalue weighted by atomic mass is 15.0. The van der Waals surface area contributed by atoms with Crippen LogP contribution >= 0.6 is 0 Å². The zero-order valence-corrected chi connectivity index (χ0v) is 6.07. The smallest absolute Gasteiger partial charge is 0.0928 e. The number of allylic oxidation sites excluding steroid dienone is 1. The highest BCUT2D eigenvalue weighted by molar-refractivity contribution is 5.02. The topological polar surface area (TPSA) is 38.0 Å². The first-order chi connectivity index (χ1) is 4.04. The number of hydrogen-bond donors (Lipinski definition) is 2. The molecule has 0 spiro atoms. The van der Waals surface area contributed by atoms with Crippen LogP contribution in [0.5, 0.6) is 0 Å². The fourth-order valence-electron chi connectivity index (χ4n) is 0.351. The Bertz CT molecular complexity index is 125. The van der Waals surface area contributed by atoms with Crippen molar-refractivity contribution in [1.82, 2.24) is 5.32 Å². The van der Waals surface area contributed by atoms with Gasteiger partial charge in [-0.2, -0.15) is 0 Å². The van der Waals surface area contributed by atoms with Crippen molar-refractivity contribution in [3.8, 4) is 0 Å². The molecule has 0 radical (unpaired) electrons. The Hall–Kier alpha value is -0.920. The number of nitrogens with one attached hydrogen (secondary N) is 1. The summed E-state index contributed by atoms with van der Waals surface area (Å²) in [5, 5.41) is 2.83. The first-order valence-corrected chi connectivity index (χ1v) is 2.94. The summed E-state index contributed by atoms with van der Waals surface area (Å²) in [5.74, 6) is 0.860. The fourth-order valence-corrected chi connectivity index (χ4v) is 0.351. The van der Waals surface area contributed by atoms with Gasteiger partial charge in [0.2, 0.25) is 0 Å². The average molecular weight is 126 g/mol. The molecule has 0 aromatic carbocycles. The summed E-state index contributed by atoms with van der Waals surface area (Å²) in [6, 6.07) is 0. The molecular formula is C7H14N2. The Morgan fingerprint density at radius 2 is 1.89 bits per heavy atom. The number of rotatable bonds is 3. The van der Waals surface area contributed by atoms with Crippen molar-refractivity contribution in [3.63, 3.8) is 0 Å². The molecule has 0 aromatic rings. The van der Waals surface area contributed by atoms with Crippen molar-refractivity contribution in [2.75, 3.05) is 0 Å². The van der Waals surface area contributed by atoms with Gasteiger partial charge in [-0.15, -0.1) is 0 Å². The van der Waals surface area contributed by atoms with E-state index in [1.807, 2.05) is 13.8 Å². The van der Waals surface area contributed by atoms with E-state index in [-0.39, 0.29) is 0 Å². The van der Waals surface area contributed by atoms with Gasteiger partial charge in [0, 0.05) is 5.70 Å². The predicted octanol–water partition coefficient (Wildman–Crippen LogP) is 1.18. The van der Waals surface area contributed by atoms with Crippen LogP contribution in [0.15, 0.2) is 24.7 Å². The third-order valence-electron chi connectivity index (χ3n) is 1.02. The number of nitrogens with two attached hydrogens (primary N) is 1. The molecule has 2 heteroatoms. The van der Waals surface area contributed by atoms with Crippen molar-refractivity contribution in [2.45, 2.75) is 13.8 Å².